The van der Waals surface area contributed by atoms with E-state index in [2.05, 4.69) is 20.5 Å². The van der Waals surface area contributed by atoms with Crippen LogP contribution in [0.15, 0.2) is 48.8 Å². The number of carbonyl (C=O) groups is 1. The summed E-state index contributed by atoms with van der Waals surface area (Å²) in [6.45, 7) is -3.12. The van der Waals surface area contributed by atoms with Crippen molar-refractivity contribution in [3.05, 3.63) is 60.0 Å². The summed E-state index contributed by atoms with van der Waals surface area (Å²) >= 11 is 0. The summed E-state index contributed by atoms with van der Waals surface area (Å²) in [5.41, 5.74) is 3.04. The molecule has 176 valence electrons. The van der Waals surface area contributed by atoms with Crippen molar-refractivity contribution in [1.82, 2.24) is 24.9 Å². The Morgan fingerprint density at radius 1 is 1.17 bits per heavy atom. The molecule has 1 fully saturated rings. The van der Waals surface area contributed by atoms with Gasteiger partial charge in [0, 0.05) is 23.4 Å². The standard InChI is InChI=1S/C24H18F2N6O3/c1-34-19-8-14(9-20(35-24(25)26)22(19)23(33)29-15-2-3-15)18-12-28-21-10-13(6-7-32(18)21)17-5-4-16(11-27)30-31-17/h4-10,12,15,24H,2-3H2,1H3,(H,29,33). The number of amides is 1. The van der Waals surface area contributed by atoms with E-state index in [1.165, 1.54) is 13.2 Å². The number of aromatic nitrogens is 4. The predicted octanol–water partition coefficient (Wildman–Crippen LogP) is 3.83. The molecule has 35 heavy (non-hydrogen) atoms. The molecular formula is C24H18F2N6O3. The number of ether oxygens (including phenoxy) is 2. The van der Waals surface area contributed by atoms with Crippen molar-refractivity contribution in [2.24, 2.45) is 0 Å². The van der Waals surface area contributed by atoms with Crippen LogP contribution in [0.1, 0.15) is 28.9 Å². The molecule has 0 spiro atoms. The van der Waals surface area contributed by atoms with E-state index in [1.807, 2.05) is 6.07 Å². The highest BCUT2D eigenvalue weighted by atomic mass is 19.3. The average Bonchev–Trinajstić information content (AvgIpc) is 3.57. The minimum atomic E-state index is -3.12. The monoisotopic (exact) mass is 476 g/mol. The maximum Gasteiger partial charge on any atom is 0.387 e. The average molecular weight is 476 g/mol. The van der Waals surface area contributed by atoms with Crippen molar-refractivity contribution >= 4 is 11.6 Å². The third-order valence-corrected chi connectivity index (χ3v) is 5.53. The van der Waals surface area contributed by atoms with Crippen molar-refractivity contribution in [3.63, 3.8) is 0 Å². The smallest absolute Gasteiger partial charge is 0.387 e. The number of rotatable bonds is 7. The van der Waals surface area contributed by atoms with Gasteiger partial charge in [0.25, 0.3) is 5.91 Å². The van der Waals surface area contributed by atoms with Gasteiger partial charge in [-0.15, -0.1) is 10.2 Å². The Morgan fingerprint density at radius 2 is 1.97 bits per heavy atom. The molecule has 11 heteroatoms. The van der Waals surface area contributed by atoms with Gasteiger partial charge in [0.2, 0.25) is 0 Å². The minimum Gasteiger partial charge on any atom is -0.496 e. The largest absolute Gasteiger partial charge is 0.496 e. The highest BCUT2D eigenvalue weighted by Crippen LogP contribution is 2.37. The van der Waals surface area contributed by atoms with Gasteiger partial charge in [-0.3, -0.25) is 9.20 Å². The normalized spacial score (nSPS) is 13.0. The number of hydrogen-bond donors (Lipinski definition) is 1. The fourth-order valence-corrected chi connectivity index (χ4v) is 3.70. The van der Waals surface area contributed by atoms with Crippen LogP contribution < -0.4 is 14.8 Å². The van der Waals surface area contributed by atoms with Gasteiger partial charge < -0.3 is 14.8 Å². The SMILES string of the molecule is COc1cc(-c2cnc3cc(-c4ccc(C#N)nn4)ccn23)cc(OC(F)F)c1C(=O)NC1CC1. The summed E-state index contributed by atoms with van der Waals surface area (Å²) in [5, 5.41) is 19.6. The third kappa shape index (κ3) is 4.46. The van der Waals surface area contributed by atoms with Crippen LogP contribution in [-0.4, -0.2) is 45.3 Å². The van der Waals surface area contributed by atoms with Crippen molar-refractivity contribution in [3.8, 4) is 40.1 Å². The van der Waals surface area contributed by atoms with E-state index in [0.29, 0.717) is 22.6 Å². The quantitative estimate of drug-likeness (QED) is 0.431. The Hall–Kier alpha value is -4.59. The van der Waals surface area contributed by atoms with Crippen LogP contribution >= 0.6 is 0 Å². The zero-order chi connectivity index (χ0) is 24.5. The lowest BCUT2D eigenvalue weighted by atomic mass is 10.1. The fourth-order valence-electron chi connectivity index (χ4n) is 3.70. The Kier molecular flexibility index (Phi) is 5.70. The summed E-state index contributed by atoms with van der Waals surface area (Å²) in [6, 6.07) is 11.7. The number of nitrogens with zero attached hydrogens (tertiary/aromatic N) is 5. The molecule has 0 saturated heterocycles. The lowest BCUT2D eigenvalue weighted by Gasteiger charge is -2.16. The van der Waals surface area contributed by atoms with Crippen molar-refractivity contribution in [1.29, 1.82) is 5.26 Å². The molecule has 3 heterocycles. The fraction of sp³-hybridized carbons (Fsp3) is 0.208. The molecule has 1 aromatic carbocycles. The van der Waals surface area contributed by atoms with E-state index >= 15 is 0 Å². The summed E-state index contributed by atoms with van der Waals surface area (Å²) in [6.07, 6.45) is 5.01. The number of nitrogens with one attached hydrogen (secondary N) is 1. The molecule has 4 aromatic rings. The maximum absolute atomic E-state index is 13.2. The van der Waals surface area contributed by atoms with Crippen molar-refractivity contribution < 1.29 is 23.0 Å². The van der Waals surface area contributed by atoms with Crippen LogP contribution in [0.4, 0.5) is 8.78 Å². The van der Waals surface area contributed by atoms with Crippen molar-refractivity contribution in [2.45, 2.75) is 25.5 Å². The zero-order valence-electron chi connectivity index (χ0n) is 18.4. The second-order valence-electron chi connectivity index (χ2n) is 7.88. The molecule has 3 aromatic heterocycles. The predicted molar refractivity (Wildman–Crippen MR) is 120 cm³/mol. The molecular weight excluding hydrogens is 458 g/mol. The molecule has 1 N–H and O–H groups in total. The van der Waals surface area contributed by atoms with E-state index in [-0.39, 0.29) is 28.8 Å². The van der Waals surface area contributed by atoms with E-state index in [9.17, 15) is 13.6 Å². The van der Waals surface area contributed by atoms with Crippen molar-refractivity contribution in [2.75, 3.05) is 7.11 Å². The molecule has 0 radical (unpaired) electrons. The molecule has 0 atom stereocenters. The Balaban J connectivity index is 1.56. The topological polar surface area (TPSA) is 114 Å². The Bertz CT molecular complexity index is 1460. The number of benzene rings is 1. The van der Waals surface area contributed by atoms with Crippen LogP contribution in [0.2, 0.25) is 0 Å². The Morgan fingerprint density at radius 3 is 2.63 bits per heavy atom. The first-order valence-corrected chi connectivity index (χ1v) is 10.7. The number of nitriles is 1. The first kappa shape index (κ1) is 22.2. The second-order valence-corrected chi connectivity index (χ2v) is 7.88. The van der Waals surface area contributed by atoms with Gasteiger partial charge in [0.15, 0.2) is 5.69 Å². The van der Waals surface area contributed by atoms with E-state index < -0.39 is 12.5 Å². The van der Waals surface area contributed by atoms with Crippen LogP contribution in [-0.2, 0) is 0 Å². The summed E-state index contributed by atoms with van der Waals surface area (Å²) in [4.78, 5) is 17.2. The van der Waals surface area contributed by atoms with E-state index in [1.54, 1.807) is 47.1 Å². The number of halogens is 2. The van der Waals surface area contributed by atoms with Crippen LogP contribution in [0.5, 0.6) is 11.5 Å². The highest BCUT2D eigenvalue weighted by Gasteiger charge is 2.29. The minimum absolute atomic E-state index is 0.0278. The molecule has 1 aliphatic rings. The summed E-state index contributed by atoms with van der Waals surface area (Å²) in [7, 11) is 1.36. The maximum atomic E-state index is 13.2. The molecule has 1 saturated carbocycles. The molecule has 9 nitrogen and oxygen atoms in total. The number of carbonyl (C=O) groups excluding carboxylic acids is 1. The molecule has 0 bridgehead atoms. The molecule has 5 rings (SSSR count). The zero-order valence-corrected chi connectivity index (χ0v) is 18.4. The summed E-state index contributed by atoms with van der Waals surface area (Å²) < 4.78 is 38.3. The first-order chi connectivity index (χ1) is 17.0. The highest BCUT2D eigenvalue weighted by molar-refractivity contribution is 6.01. The number of fused-ring (bicyclic) bond motifs is 1. The summed E-state index contributed by atoms with van der Waals surface area (Å²) in [5.74, 6) is -0.708. The van der Waals surface area contributed by atoms with Gasteiger partial charge in [0.05, 0.1) is 24.7 Å². The van der Waals surface area contributed by atoms with Crippen LogP contribution in [0.25, 0.3) is 28.2 Å². The Labute approximate surface area is 198 Å². The van der Waals surface area contributed by atoms with Gasteiger partial charge in [-0.05, 0) is 49.2 Å². The molecule has 0 unspecified atom stereocenters. The van der Waals surface area contributed by atoms with Gasteiger partial charge in [-0.25, -0.2) is 4.98 Å². The van der Waals surface area contributed by atoms with E-state index in [0.717, 1.165) is 18.4 Å². The third-order valence-electron chi connectivity index (χ3n) is 5.53. The first-order valence-electron chi connectivity index (χ1n) is 10.7. The molecule has 1 amide bonds. The van der Waals surface area contributed by atoms with Gasteiger partial charge in [-0.1, -0.05) is 0 Å². The number of hydrogen-bond acceptors (Lipinski definition) is 7. The molecule has 0 aliphatic heterocycles. The van der Waals surface area contributed by atoms with E-state index in [4.69, 9.17) is 14.7 Å². The number of imidazole rings is 1. The molecule has 1 aliphatic carbocycles. The number of pyridine rings is 1. The van der Waals surface area contributed by atoms with Gasteiger partial charge >= 0.3 is 6.61 Å². The second kappa shape index (κ2) is 8.98. The van der Waals surface area contributed by atoms with Crippen LogP contribution in [0, 0.1) is 11.3 Å². The number of methoxy groups -OCH3 is 1. The lowest BCUT2D eigenvalue weighted by Crippen LogP contribution is -2.26. The number of alkyl halides is 2. The van der Waals surface area contributed by atoms with Gasteiger partial charge in [0.1, 0.15) is 28.8 Å². The van der Waals surface area contributed by atoms with Gasteiger partial charge in [-0.2, -0.15) is 14.0 Å². The lowest BCUT2D eigenvalue weighted by molar-refractivity contribution is -0.0502. The van der Waals surface area contributed by atoms with Crippen LogP contribution in [0.3, 0.4) is 0 Å².